The van der Waals surface area contributed by atoms with Crippen LogP contribution in [0.2, 0.25) is 0 Å². The van der Waals surface area contributed by atoms with Gasteiger partial charge in [0.05, 0.1) is 0 Å². The summed E-state index contributed by atoms with van der Waals surface area (Å²) in [6.45, 7) is 11.3. The third-order valence-corrected chi connectivity index (χ3v) is 3.10. The predicted molar refractivity (Wildman–Crippen MR) is 60.4 cm³/mol. The molecule has 82 valence electrons. The molecule has 14 heavy (non-hydrogen) atoms. The molecule has 0 aliphatic carbocycles. The minimum atomic E-state index is 0.438. The molecule has 1 N–H and O–H groups in total. The molecule has 2 heteroatoms. The summed E-state index contributed by atoms with van der Waals surface area (Å²) in [4.78, 5) is 0. The number of hydrogen-bond acceptors (Lipinski definition) is 2. The van der Waals surface area contributed by atoms with Gasteiger partial charge in [0.25, 0.3) is 0 Å². The Morgan fingerprint density at radius 3 is 2.71 bits per heavy atom. The summed E-state index contributed by atoms with van der Waals surface area (Å²) in [6, 6.07) is 0.548. The molecule has 0 radical (unpaired) electrons. The van der Waals surface area contributed by atoms with Crippen LogP contribution in [-0.4, -0.2) is 25.8 Å². The molecule has 1 aliphatic rings. The molecule has 0 aromatic rings. The summed E-state index contributed by atoms with van der Waals surface area (Å²) in [7, 11) is 0. The highest BCUT2D eigenvalue weighted by Crippen LogP contribution is 2.28. The Kier molecular flexibility index (Phi) is 4.63. The Hall–Kier alpha value is -0.340. The quantitative estimate of drug-likeness (QED) is 0.683. The second-order valence-corrected chi connectivity index (χ2v) is 4.73. The molecule has 1 fully saturated rings. The fraction of sp³-hybridized carbons (Fsp3) is 0.833. The van der Waals surface area contributed by atoms with Crippen molar-refractivity contribution in [3.05, 3.63) is 12.7 Å². The van der Waals surface area contributed by atoms with E-state index in [2.05, 4.69) is 25.7 Å². The second kappa shape index (κ2) is 5.52. The van der Waals surface area contributed by atoms with Crippen LogP contribution in [0.5, 0.6) is 0 Å². The summed E-state index contributed by atoms with van der Waals surface area (Å²) in [5, 5.41) is 3.57. The van der Waals surface area contributed by atoms with E-state index in [9.17, 15) is 0 Å². The Morgan fingerprint density at radius 2 is 2.14 bits per heavy atom. The van der Waals surface area contributed by atoms with Crippen molar-refractivity contribution in [1.29, 1.82) is 0 Å². The van der Waals surface area contributed by atoms with E-state index in [0.717, 1.165) is 26.2 Å². The molecule has 1 heterocycles. The lowest BCUT2D eigenvalue weighted by molar-refractivity contribution is 0.0231. The van der Waals surface area contributed by atoms with Crippen molar-refractivity contribution in [3.63, 3.8) is 0 Å². The molecule has 0 aromatic carbocycles. The van der Waals surface area contributed by atoms with Crippen LogP contribution < -0.4 is 5.32 Å². The standard InChI is InChI=1S/C12H23NO/c1-4-5-11(2)13-10-12(3)6-8-14-9-7-12/h4,11,13H,1,5-10H2,2-3H3. The van der Waals surface area contributed by atoms with Gasteiger partial charge in [0.2, 0.25) is 0 Å². The van der Waals surface area contributed by atoms with Gasteiger partial charge in [0.1, 0.15) is 0 Å². The Balaban J connectivity index is 2.24. The van der Waals surface area contributed by atoms with Gasteiger partial charge in [-0.2, -0.15) is 0 Å². The molecule has 0 bridgehead atoms. The summed E-state index contributed by atoms with van der Waals surface area (Å²) in [5.74, 6) is 0. The lowest BCUT2D eigenvalue weighted by Crippen LogP contribution is -2.40. The van der Waals surface area contributed by atoms with E-state index in [1.54, 1.807) is 0 Å². The van der Waals surface area contributed by atoms with Crippen LogP contribution in [0.3, 0.4) is 0 Å². The number of rotatable bonds is 5. The highest BCUT2D eigenvalue weighted by Gasteiger charge is 2.27. The molecule has 2 nitrogen and oxygen atoms in total. The minimum absolute atomic E-state index is 0.438. The summed E-state index contributed by atoms with van der Waals surface area (Å²) >= 11 is 0. The highest BCUT2D eigenvalue weighted by molar-refractivity contribution is 4.82. The Morgan fingerprint density at radius 1 is 1.50 bits per heavy atom. The van der Waals surface area contributed by atoms with E-state index in [4.69, 9.17) is 4.74 Å². The van der Waals surface area contributed by atoms with E-state index in [1.807, 2.05) is 6.08 Å². The molecule has 1 saturated heterocycles. The van der Waals surface area contributed by atoms with Crippen LogP contribution in [0.1, 0.15) is 33.1 Å². The first-order chi connectivity index (χ1) is 6.66. The first-order valence-electron chi connectivity index (χ1n) is 5.58. The molecule has 0 saturated carbocycles. The SMILES string of the molecule is C=CCC(C)NCC1(C)CCOCC1. The van der Waals surface area contributed by atoms with Gasteiger partial charge in [0, 0.05) is 25.8 Å². The topological polar surface area (TPSA) is 21.3 Å². The zero-order valence-corrected chi connectivity index (χ0v) is 9.51. The van der Waals surface area contributed by atoms with Crippen molar-refractivity contribution in [2.24, 2.45) is 5.41 Å². The van der Waals surface area contributed by atoms with Crippen molar-refractivity contribution in [1.82, 2.24) is 5.32 Å². The van der Waals surface area contributed by atoms with Gasteiger partial charge < -0.3 is 10.1 Å². The number of hydrogen-bond donors (Lipinski definition) is 1. The lowest BCUT2D eigenvalue weighted by atomic mass is 9.82. The lowest BCUT2D eigenvalue weighted by Gasteiger charge is -2.34. The molecule has 1 rings (SSSR count). The third kappa shape index (κ3) is 3.81. The average Bonchev–Trinajstić information content (AvgIpc) is 2.17. The Bertz CT molecular complexity index is 173. The van der Waals surface area contributed by atoms with E-state index in [1.165, 1.54) is 12.8 Å². The first-order valence-corrected chi connectivity index (χ1v) is 5.58. The van der Waals surface area contributed by atoms with E-state index < -0.39 is 0 Å². The monoisotopic (exact) mass is 197 g/mol. The number of nitrogens with one attached hydrogen (secondary N) is 1. The van der Waals surface area contributed by atoms with Crippen LogP contribution in [0.15, 0.2) is 12.7 Å². The van der Waals surface area contributed by atoms with E-state index in [0.29, 0.717) is 11.5 Å². The van der Waals surface area contributed by atoms with Gasteiger partial charge in [-0.05, 0) is 31.6 Å². The molecular formula is C12H23NO. The van der Waals surface area contributed by atoms with E-state index in [-0.39, 0.29) is 0 Å². The van der Waals surface area contributed by atoms with Crippen LogP contribution >= 0.6 is 0 Å². The second-order valence-electron chi connectivity index (χ2n) is 4.73. The van der Waals surface area contributed by atoms with Gasteiger partial charge in [-0.1, -0.05) is 13.0 Å². The van der Waals surface area contributed by atoms with Gasteiger partial charge >= 0.3 is 0 Å². The maximum atomic E-state index is 5.38. The summed E-state index contributed by atoms with van der Waals surface area (Å²) < 4.78 is 5.38. The summed E-state index contributed by atoms with van der Waals surface area (Å²) in [6.07, 6.45) is 5.39. The zero-order valence-electron chi connectivity index (χ0n) is 9.51. The average molecular weight is 197 g/mol. The van der Waals surface area contributed by atoms with E-state index >= 15 is 0 Å². The normalized spacial score (nSPS) is 23.0. The largest absolute Gasteiger partial charge is 0.381 e. The molecule has 1 atom stereocenters. The van der Waals surface area contributed by atoms with Crippen molar-refractivity contribution in [2.75, 3.05) is 19.8 Å². The van der Waals surface area contributed by atoms with Crippen molar-refractivity contribution in [3.8, 4) is 0 Å². The summed E-state index contributed by atoms with van der Waals surface area (Å²) in [5.41, 5.74) is 0.438. The molecule has 0 spiro atoms. The van der Waals surface area contributed by atoms with Crippen molar-refractivity contribution < 1.29 is 4.74 Å². The highest BCUT2D eigenvalue weighted by atomic mass is 16.5. The maximum absolute atomic E-state index is 5.38. The van der Waals surface area contributed by atoms with Crippen LogP contribution in [-0.2, 0) is 4.74 Å². The zero-order chi connectivity index (χ0) is 10.4. The fourth-order valence-corrected chi connectivity index (χ4v) is 1.79. The number of ether oxygens (including phenoxy) is 1. The molecule has 0 aromatic heterocycles. The first kappa shape index (κ1) is 11.7. The third-order valence-electron chi connectivity index (χ3n) is 3.10. The van der Waals surface area contributed by atoms with Crippen LogP contribution in [0.4, 0.5) is 0 Å². The smallest absolute Gasteiger partial charge is 0.0471 e. The maximum Gasteiger partial charge on any atom is 0.0471 e. The minimum Gasteiger partial charge on any atom is -0.381 e. The van der Waals surface area contributed by atoms with Crippen LogP contribution in [0, 0.1) is 5.41 Å². The van der Waals surface area contributed by atoms with Gasteiger partial charge in [-0.15, -0.1) is 6.58 Å². The van der Waals surface area contributed by atoms with Gasteiger partial charge in [0.15, 0.2) is 0 Å². The van der Waals surface area contributed by atoms with Crippen LogP contribution in [0.25, 0.3) is 0 Å². The Labute approximate surface area is 87.7 Å². The fourth-order valence-electron chi connectivity index (χ4n) is 1.79. The molecule has 0 amide bonds. The molecular weight excluding hydrogens is 174 g/mol. The molecule has 1 unspecified atom stereocenters. The van der Waals surface area contributed by atoms with Gasteiger partial charge in [-0.25, -0.2) is 0 Å². The van der Waals surface area contributed by atoms with Crippen molar-refractivity contribution >= 4 is 0 Å². The molecule has 1 aliphatic heterocycles. The van der Waals surface area contributed by atoms with Crippen molar-refractivity contribution in [2.45, 2.75) is 39.2 Å². The predicted octanol–water partition coefficient (Wildman–Crippen LogP) is 2.36. The van der Waals surface area contributed by atoms with Gasteiger partial charge in [-0.3, -0.25) is 0 Å².